The Hall–Kier alpha value is -0.760. The van der Waals surface area contributed by atoms with Gasteiger partial charge in [0.2, 0.25) is 0 Å². The van der Waals surface area contributed by atoms with Crippen molar-refractivity contribution >= 4 is 34.7 Å². The number of hydrogen-bond acceptors (Lipinski definition) is 6. The second kappa shape index (κ2) is 5.79. The Morgan fingerprint density at radius 3 is 3.00 bits per heavy atom. The van der Waals surface area contributed by atoms with Crippen LogP contribution in [0.1, 0.15) is 19.8 Å². The summed E-state index contributed by atoms with van der Waals surface area (Å²) in [4.78, 5) is 18.0. The highest BCUT2D eigenvalue weighted by molar-refractivity contribution is 8.16. The van der Waals surface area contributed by atoms with Gasteiger partial charge in [-0.15, -0.1) is 0 Å². The Labute approximate surface area is 133 Å². The summed E-state index contributed by atoms with van der Waals surface area (Å²) in [5.74, 6) is 0. The first-order valence-electron chi connectivity index (χ1n) is 7.11. The van der Waals surface area contributed by atoms with E-state index in [2.05, 4.69) is 11.1 Å². The minimum Gasteiger partial charge on any atom is -0.450 e. The molecule has 0 radical (unpaired) electrons. The maximum absolute atomic E-state index is 11.8. The number of amides is 1. The number of rotatable bonds is 1. The fourth-order valence-corrected chi connectivity index (χ4v) is 4.40. The first-order chi connectivity index (χ1) is 10.0. The minimum absolute atomic E-state index is 0.00312. The Morgan fingerprint density at radius 2 is 2.33 bits per heavy atom. The molecule has 6 nitrogen and oxygen atoms in total. The first-order valence-corrected chi connectivity index (χ1v) is 8.26. The fourth-order valence-electron chi connectivity index (χ4n) is 2.86. The zero-order valence-corrected chi connectivity index (χ0v) is 13.5. The molecule has 2 N–H and O–H groups in total. The third-order valence-electron chi connectivity index (χ3n) is 4.07. The lowest BCUT2D eigenvalue weighted by Gasteiger charge is -2.36. The summed E-state index contributed by atoms with van der Waals surface area (Å²) in [6, 6.07) is 0. The molecule has 1 fully saturated rings. The number of hydrogen-bond donors (Lipinski definition) is 1. The number of ether oxygens (including phenoxy) is 1. The summed E-state index contributed by atoms with van der Waals surface area (Å²) >= 11 is 7.81. The number of nitrogens with zero attached hydrogens (tertiary/aromatic N) is 3. The van der Waals surface area contributed by atoms with Gasteiger partial charge in [0, 0.05) is 23.4 Å². The highest BCUT2D eigenvalue weighted by Gasteiger charge is 2.44. The van der Waals surface area contributed by atoms with Gasteiger partial charge in [0.1, 0.15) is 12.8 Å². The van der Waals surface area contributed by atoms with Crippen molar-refractivity contribution in [3.63, 3.8) is 0 Å². The number of likely N-dealkylation sites (tertiary alicyclic amines) is 1. The lowest BCUT2D eigenvalue weighted by atomic mass is 9.93. The van der Waals surface area contributed by atoms with E-state index in [-0.39, 0.29) is 17.0 Å². The van der Waals surface area contributed by atoms with Crippen LogP contribution in [0.25, 0.3) is 0 Å². The lowest BCUT2D eigenvalue weighted by Crippen LogP contribution is -2.44. The molecule has 3 aliphatic rings. The van der Waals surface area contributed by atoms with Crippen LogP contribution in [0.15, 0.2) is 16.6 Å². The molecule has 1 unspecified atom stereocenters. The lowest BCUT2D eigenvalue weighted by molar-refractivity contribution is 0.0976. The van der Waals surface area contributed by atoms with Crippen LogP contribution in [0.5, 0.6) is 0 Å². The van der Waals surface area contributed by atoms with E-state index in [0.717, 1.165) is 23.5 Å². The molecule has 0 aromatic rings. The SMILES string of the molecule is CCOC(=O)N1CCC2(C=C3C(=NCN(Cl)C3N)S2)CC1. The number of nitrogens with two attached hydrogens (primary N) is 1. The molecule has 3 heterocycles. The summed E-state index contributed by atoms with van der Waals surface area (Å²) in [6.07, 6.45) is 3.45. The van der Waals surface area contributed by atoms with Crippen LogP contribution in [-0.2, 0) is 4.74 Å². The van der Waals surface area contributed by atoms with E-state index in [1.807, 2.05) is 6.92 Å². The van der Waals surface area contributed by atoms with Crippen molar-refractivity contribution in [1.29, 1.82) is 0 Å². The number of carbonyl (C=O) groups is 1. The van der Waals surface area contributed by atoms with E-state index in [9.17, 15) is 4.79 Å². The zero-order chi connectivity index (χ0) is 15.0. The molecule has 0 saturated carbocycles. The van der Waals surface area contributed by atoms with E-state index >= 15 is 0 Å². The summed E-state index contributed by atoms with van der Waals surface area (Å²) in [5, 5.41) is 1.00. The molecule has 0 bridgehead atoms. The van der Waals surface area contributed by atoms with Gasteiger partial charge in [-0.05, 0) is 31.5 Å². The average Bonchev–Trinajstić information content (AvgIpc) is 2.83. The second-order valence-electron chi connectivity index (χ2n) is 5.40. The normalized spacial score (nSPS) is 28.1. The average molecular weight is 331 g/mol. The molecule has 3 rings (SSSR count). The Bertz CT molecular complexity index is 502. The largest absolute Gasteiger partial charge is 0.450 e. The molecular formula is C13H19ClN4O2S. The molecule has 8 heteroatoms. The van der Waals surface area contributed by atoms with Crippen LogP contribution >= 0.6 is 23.5 Å². The van der Waals surface area contributed by atoms with Gasteiger partial charge in [-0.1, -0.05) is 17.8 Å². The molecule has 1 spiro atoms. The number of halogens is 1. The highest BCUT2D eigenvalue weighted by Crippen LogP contribution is 2.47. The molecule has 3 aliphatic heterocycles. The van der Waals surface area contributed by atoms with Crippen LogP contribution in [0.4, 0.5) is 4.79 Å². The number of thioether (sulfide) groups is 1. The predicted molar refractivity (Wildman–Crippen MR) is 84.2 cm³/mol. The van der Waals surface area contributed by atoms with Gasteiger partial charge < -0.3 is 15.4 Å². The number of carbonyl (C=O) groups excluding carboxylic acids is 1. The van der Waals surface area contributed by atoms with Crippen LogP contribution in [0, 0.1) is 0 Å². The van der Waals surface area contributed by atoms with Crippen molar-refractivity contribution in [3.05, 3.63) is 11.6 Å². The second-order valence-corrected chi connectivity index (χ2v) is 7.24. The van der Waals surface area contributed by atoms with E-state index in [0.29, 0.717) is 26.4 Å². The molecule has 1 saturated heterocycles. The van der Waals surface area contributed by atoms with Crippen molar-refractivity contribution in [2.75, 3.05) is 26.4 Å². The van der Waals surface area contributed by atoms with Crippen molar-refractivity contribution in [2.24, 2.45) is 10.7 Å². The highest BCUT2D eigenvalue weighted by atomic mass is 35.5. The first kappa shape index (κ1) is 15.1. The molecule has 1 amide bonds. The predicted octanol–water partition coefficient (Wildman–Crippen LogP) is 1.76. The molecule has 21 heavy (non-hydrogen) atoms. The van der Waals surface area contributed by atoms with Crippen LogP contribution in [0.2, 0.25) is 0 Å². The zero-order valence-electron chi connectivity index (χ0n) is 11.9. The Morgan fingerprint density at radius 1 is 1.62 bits per heavy atom. The van der Waals surface area contributed by atoms with E-state index in [4.69, 9.17) is 22.2 Å². The van der Waals surface area contributed by atoms with Gasteiger partial charge >= 0.3 is 6.09 Å². The molecular weight excluding hydrogens is 312 g/mol. The topological polar surface area (TPSA) is 71.2 Å². The van der Waals surface area contributed by atoms with Crippen molar-refractivity contribution in [2.45, 2.75) is 30.7 Å². The van der Waals surface area contributed by atoms with Gasteiger partial charge in [-0.3, -0.25) is 4.99 Å². The summed E-state index contributed by atoms with van der Waals surface area (Å²) in [7, 11) is 0. The van der Waals surface area contributed by atoms with Gasteiger partial charge in [-0.25, -0.2) is 4.79 Å². The smallest absolute Gasteiger partial charge is 0.409 e. The maximum Gasteiger partial charge on any atom is 0.409 e. The van der Waals surface area contributed by atoms with Crippen LogP contribution in [0.3, 0.4) is 0 Å². The monoisotopic (exact) mass is 330 g/mol. The van der Waals surface area contributed by atoms with E-state index < -0.39 is 0 Å². The van der Waals surface area contributed by atoms with Crippen molar-refractivity contribution in [3.8, 4) is 0 Å². The van der Waals surface area contributed by atoms with Crippen LogP contribution in [-0.4, -0.2) is 57.7 Å². The van der Waals surface area contributed by atoms with Crippen LogP contribution < -0.4 is 5.73 Å². The molecule has 0 aliphatic carbocycles. The maximum atomic E-state index is 11.8. The van der Waals surface area contributed by atoms with Gasteiger partial charge in [0.15, 0.2) is 0 Å². The molecule has 1 atom stereocenters. The number of fused-ring (bicyclic) bond motifs is 1. The van der Waals surface area contributed by atoms with Gasteiger partial charge in [-0.2, -0.15) is 4.42 Å². The van der Waals surface area contributed by atoms with Crippen molar-refractivity contribution in [1.82, 2.24) is 9.32 Å². The van der Waals surface area contributed by atoms with E-state index in [1.54, 1.807) is 16.7 Å². The summed E-state index contributed by atoms with van der Waals surface area (Å²) in [5.41, 5.74) is 7.13. The van der Waals surface area contributed by atoms with E-state index in [1.165, 1.54) is 4.42 Å². The number of piperidine rings is 1. The van der Waals surface area contributed by atoms with Gasteiger partial charge in [0.05, 0.1) is 11.7 Å². The van der Waals surface area contributed by atoms with Gasteiger partial charge in [0.25, 0.3) is 0 Å². The Balaban J connectivity index is 1.70. The van der Waals surface area contributed by atoms with Crippen molar-refractivity contribution < 1.29 is 9.53 Å². The third-order valence-corrected chi connectivity index (χ3v) is 5.88. The fraction of sp³-hybridized carbons (Fsp3) is 0.692. The molecule has 116 valence electrons. The Kier molecular flexibility index (Phi) is 4.18. The summed E-state index contributed by atoms with van der Waals surface area (Å²) < 4.78 is 6.57. The number of aliphatic imine (C=N–C) groups is 1. The minimum atomic E-state index is -0.297. The standard InChI is InChI=1S/C13H19ClN4O2S/c1-2-20-12(19)17-5-3-13(4-6-17)7-9-10(15)18(14)8-16-11(9)21-13/h7,10H,2-6,8,15H2,1H3. The molecule has 0 aromatic carbocycles. The quantitative estimate of drug-likeness (QED) is 0.742. The third kappa shape index (κ3) is 2.79. The molecule has 0 aromatic heterocycles. The summed E-state index contributed by atoms with van der Waals surface area (Å²) in [6.45, 7) is 4.05.